The van der Waals surface area contributed by atoms with Crippen molar-refractivity contribution in [3.8, 4) is 5.69 Å². The number of aromatic nitrogens is 1. The highest BCUT2D eigenvalue weighted by Gasteiger charge is 2.30. The van der Waals surface area contributed by atoms with Crippen LogP contribution in [0.5, 0.6) is 0 Å². The summed E-state index contributed by atoms with van der Waals surface area (Å²) in [6, 6.07) is 15.2. The third kappa shape index (κ3) is 5.56. The minimum Gasteiger partial charge on any atom is -0.315 e. The number of halogens is 3. The van der Waals surface area contributed by atoms with Crippen LogP contribution in [0.15, 0.2) is 69.7 Å². The molecule has 3 aromatic rings. The lowest BCUT2D eigenvalue weighted by Crippen LogP contribution is -2.25. The van der Waals surface area contributed by atoms with Gasteiger partial charge in [-0.15, -0.1) is 5.10 Å². The van der Waals surface area contributed by atoms with E-state index in [2.05, 4.69) is 15.5 Å². The van der Waals surface area contributed by atoms with E-state index in [0.717, 1.165) is 22.5 Å². The molecule has 34 heavy (non-hydrogen) atoms. The van der Waals surface area contributed by atoms with E-state index >= 15 is 0 Å². The van der Waals surface area contributed by atoms with Gasteiger partial charge in [-0.2, -0.15) is 13.9 Å². The first-order valence-electron chi connectivity index (χ1n) is 10.4. The van der Waals surface area contributed by atoms with Gasteiger partial charge < -0.3 is 9.88 Å². The molecule has 1 saturated heterocycles. The molecule has 176 valence electrons. The maximum Gasteiger partial charge on any atom is 0.288 e. The first-order chi connectivity index (χ1) is 16.3. The monoisotopic (exact) mass is 502 g/mol. The van der Waals surface area contributed by atoms with Gasteiger partial charge in [0.2, 0.25) is 5.91 Å². The zero-order valence-electron chi connectivity index (χ0n) is 18.3. The van der Waals surface area contributed by atoms with Crippen LogP contribution in [0.1, 0.15) is 22.5 Å². The third-order valence-electron chi connectivity index (χ3n) is 5.26. The molecule has 0 radical (unpaired) electrons. The normalized spacial score (nSPS) is 17.3. The molecule has 1 unspecified atom stereocenters. The van der Waals surface area contributed by atoms with Crippen LogP contribution in [0.25, 0.3) is 5.69 Å². The van der Waals surface area contributed by atoms with Crippen molar-refractivity contribution in [2.75, 3.05) is 0 Å². The number of hydrogen-bond acceptors (Lipinski definition) is 5. The van der Waals surface area contributed by atoms with Gasteiger partial charge in [0.05, 0.1) is 17.2 Å². The molecule has 2 aromatic carbocycles. The van der Waals surface area contributed by atoms with Crippen molar-refractivity contribution in [3.05, 3.63) is 82.9 Å². The predicted octanol–water partition coefficient (Wildman–Crippen LogP) is 5.71. The van der Waals surface area contributed by atoms with Crippen LogP contribution < -0.4 is 5.32 Å². The lowest BCUT2D eigenvalue weighted by molar-refractivity contribution is -0.118. The van der Waals surface area contributed by atoms with Crippen LogP contribution in [-0.2, 0) is 11.2 Å². The minimum absolute atomic E-state index is 0.178. The molecule has 0 spiro atoms. The molecular weight excluding hydrogens is 481 g/mol. The molecule has 5 nitrogen and oxygen atoms in total. The molecule has 0 aliphatic carbocycles. The first kappa shape index (κ1) is 24.2. The average Bonchev–Trinajstić information content (AvgIpc) is 3.27. The van der Waals surface area contributed by atoms with Crippen molar-refractivity contribution in [1.29, 1.82) is 0 Å². The Labute approximate surface area is 203 Å². The molecule has 1 aromatic heterocycles. The number of nitrogens with zero attached hydrogens (tertiary/aromatic N) is 3. The van der Waals surface area contributed by atoms with Crippen LogP contribution in [0.4, 0.5) is 13.2 Å². The van der Waals surface area contributed by atoms with E-state index in [4.69, 9.17) is 0 Å². The van der Waals surface area contributed by atoms with Gasteiger partial charge in [-0.05, 0) is 56.2 Å². The van der Waals surface area contributed by atoms with Gasteiger partial charge in [-0.3, -0.25) is 4.79 Å². The van der Waals surface area contributed by atoms with Crippen molar-refractivity contribution < 1.29 is 18.0 Å². The Morgan fingerprint density at radius 2 is 1.91 bits per heavy atom. The van der Waals surface area contributed by atoms with E-state index in [1.165, 1.54) is 17.8 Å². The van der Waals surface area contributed by atoms with Gasteiger partial charge in [0, 0.05) is 21.8 Å². The maximum absolute atomic E-state index is 14.2. The van der Waals surface area contributed by atoms with Crippen LogP contribution in [0.3, 0.4) is 0 Å². The van der Waals surface area contributed by atoms with Crippen LogP contribution in [0, 0.1) is 19.7 Å². The Balaban J connectivity index is 1.42. The number of benzene rings is 2. The Hall–Kier alpha value is -2.98. The van der Waals surface area contributed by atoms with Crippen LogP contribution >= 0.6 is 23.5 Å². The van der Waals surface area contributed by atoms with Gasteiger partial charge in [-0.1, -0.05) is 47.8 Å². The molecule has 1 aliphatic heterocycles. The Kier molecular flexibility index (Phi) is 7.47. The number of thioether (sulfide) groups is 2. The fraction of sp³-hybridized carbons (Fsp3) is 0.208. The smallest absolute Gasteiger partial charge is 0.288 e. The zero-order valence-corrected chi connectivity index (χ0v) is 20.0. The highest BCUT2D eigenvalue weighted by atomic mass is 32.2. The Morgan fingerprint density at radius 3 is 2.62 bits per heavy atom. The van der Waals surface area contributed by atoms with E-state index in [1.54, 1.807) is 48.7 Å². The summed E-state index contributed by atoms with van der Waals surface area (Å²) < 4.78 is 41.0. The highest BCUT2D eigenvalue weighted by Crippen LogP contribution is 2.28. The number of carbonyl (C=O) groups excluding carboxylic acids is 1. The first-order valence-corrected chi connectivity index (χ1v) is 12.1. The summed E-state index contributed by atoms with van der Waals surface area (Å²) in [7, 11) is 0. The topological polar surface area (TPSA) is 58.8 Å². The quantitative estimate of drug-likeness (QED) is 0.256. The second kappa shape index (κ2) is 10.5. The lowest BCUT2D eigenvalue weighted by atomic mass is 10.1. The minimum atomic E-state index is -2.47. The van der Waals surface area contributed by atoms with E-state index in [1.807, 2.05) is 24.5 Å². The van der Waals surface area contributed by atoms with Crippen molar-refractivity contribution in [2.45, 2.75) is 36.2 Å². The van der Waals surface area contributed by atoms with Crippen LogP contribution in [0.2, 0.25) is 0 Å². The number of aryl methyl sites for hydroxylation is 1. The summed E-state index contributed by atoms with van der Waals surface area (Å²) in [4.78, 5) is 12.8. The largest absolute Gasteiger partial charge is 0.315 e. The maximum atomic E-state index is 14.2. The summed E-state index contributed by atoms with van der Waals surface area (Å²) in [6.45, 7) is 3.76. The summed E-state index contributed by atoms with van der Waals surface area (Å²) >= 11 is 1.76. The molecular formula is C24H21F3N4OS2. The van der Waals surface area contributed by atoms with Gasteiger partial charge in [-0.25, -0.2) is 4.39 Å². The number of rotatable bonds is 7. The fourth-order valence-corrected chi connectivity index (χ4v) is 5.14. The number of amidine groups is 1. The fourth-order valence-electron chi connectivity index (χ4n) is 3.67. The summed E-state index contributed by atoms with van der Waals surface area (Å²) in [5, 5.41) is 11.0. The molecule has 10 heteroatoms. The third-order valence-corrected chi connectivity index (χ3v) is 7.05. The number of hydrogen-bond donors (Lipinski definition) is 1. The molecule has 1 fully saturated rings. The second-order valence-corrected chi connectivity index (χ2v) is 9.84. The van der Waals surface area contributed by atoms with E-state index < -0.39 is 5.76 Å². The van der Waals surface area contributed by atoms with E-state index in [9.17, 15) is 18.0 Å². The summed E-state index contributed by atoms with van der Waals surface area (Å²) in [5.41, 5.74) is 3.80. The second-order valence-electron chi connectivity index (χ2n) is 7.59. The zero-order chi connectivity index (χ0) is 24.2. The number of carbonyl (C=O) groups is 1. The summed E-state index contributed by atoms with van der Waals surface area (Å²) in [6.07, 6.45) is 2.02. The van der Waals surface area contributed by atoms with Crippen molar-refractivity contribution in [3.63, 3.8) is 0 Å². The van der Waals surface area contributed by atoms with Crippen LogP contribution in [-0.4, -0.2) is 32.9 Å². The van der Waals surface area contributed by atoms with Gasteiger partial charge in [0.1, 0.15) is 5.82 Å². The van der Waals surface area contributed by atoms with E-state index in [-0.39, 0.29) is 17.0 Å². The highest BCUT2D eigenvalue weighted by molar-refractivity contribution is 8.15. The molecule has 0 bridgehead atoms. The Bertz CT molecular complexity index is 1260. The molecule has 1 N–H and O–H groups in total. The SMILES string of the molecule is Cc1cc(/C=N/N=C2/NC(=O)C(Cc3ccc(SC(F)F)cc3)S2)c(C)n1-c1ccccc1F. The predicted molar refractivity (Wildman–Crippen MR) is 132 cm³/mol. The van der Waals surface area contributed by atoms with Gasteiger partial charge in [0.25, 0.3) is 5.76 Å². The number of para-hydroxylation sites is 1. The molecule has 4 rings (SSSR count). The number of alkyl halides is 2. The summed E-state index contributed by atoms with van der Waals surface area (Å²) in [5.74, 6) is -2.96. The molecule has 1 amide bonds. The number of amides is 1. The van der Waals surface area contributed by atoms with Crippen molar-refractivity contribution in [2.24, 2.45) is 10.2 Å². The average molecular weight is 503 g/mol. The molecule has 0 saturated carbocycles. The van der Waals surface area contributed by atoms with Crippen molar-refractivity contribution >= 4 is 40.8 Å². The molecule has 1 atom stereocenters. The molecule has 1 aliphatic rings. The van der Waals surface area contributed by atoms with Crippen molar-refractivity contribution in [1.82, 2.24) is 9.88 Å². The molecule has 2 heterocycles. The Morgan fingerprint density at radius 1 is 1.18 bits per heavy atom. The van der Waals surface area contributed by atoms with Gasteiger partial charge >= 0.3 is 0 Å². The lowest BCUT2D eigenvalue weighted by Gasteiger charge is -2.10. The number of nitrogens with one attached hydrogen (secondary N) is 1. The standard InChI is InChI=1S/C24H21F3N4OS2/c1-14-11-17(15(2)31(14)20-6-4-3-5-19(20)25)13-28-30-24-29-22(32)21(34-24)12-16-7-9-18(10-8-16)33-23(26)27/h3-11,13,21,23H,12H2,1-2H3,(H,29,30,32)/b28-13+. The van der Waals surface area contributed by atoms with E-state index in [0.29, 0.717) is 33.9 Å². The van der Waals surface area contributed by atoms with Gasteiger partial charge in [0.15, 0.2) is 5.17 Å².